The van der Waals surface area contributed by atoms with Gasteiger partial charge in [-0.15, -0.1) is 0 Å². The Morgan fingerprint density at radius 3 is 2.60 bits per heavy atom. The van der Waals surface area contributed by atoms with Crippen molar-refractivity contribution in [2.45, 2.75) is 31.7 Å². The average Bonchev–Trinajstić information content (AvgIpc) is 2.44. The van der Waals surface area contributed by atoms with E-state index in [1.165, 1.54) is 0 Å². The van der Waals surface area contributed by atoms with Crippen LogP contribution >= 0.6 is 0 Å². The number of ketones is 1. The Labute approximate surface area is 117 Å². The molecule has 0 bridgehead atoms. The van der Waals surface area contributed by atoms with Crippen LogP contribution in [0.4, 0.5) is 8.78 Å². The quantitative estimate of drug-likeness (QED) is 0.844. The van der Waals surface area contributed by atoms with Gasteiger partial charge in [-0.25, -0.2) is 8.78 Å². The minimum atomic E-state index is -0.737. The molecule has 1 aromatic carbocycles. The maximum atomic E-state index is 13.1. The van der Waals surface area contributed by atoms with Crippen molar-refractivity contribution in [3.63, 3.8) is 0 Å². The molecule has 1 fully saturated rings. The van der Waals surface area contributed by atoms with Crippen molar-refractivity contribution >= 4 is 5.78 Å². The number of carbonyl (C=O) groups excluding carboxylic acids is 1. The van der Waals surface area contributed by atoms with E-state index in [-0.39, 0.29) is 30.4 Å². The zero-order chi connectivity index (χ0) is 14.5. The molecule has 1 unspecified atom stereocenters. The molecule has 110 valence electrons. The number of Topliss-reactive ketones (excluding diaryl/α,β-unsaturated/α-hetero) is 1. The van der Waals surface area contributed by atoms with Crippen LogP contribution in [-0.4, -0.2) is 41.5 Å². The van der Waals surface area contributed by atoms with Crippen LogP contribution in [0.3, 0.4) is 0 Å². The number of likely N-dealkylation sites (tertiary alicyclic amines) is 1. The van der Waals surface area contributed by atoms with Crippen molar-refractivity contribution < 1.29 is 18.7 Å². The molecule has 1 heterocycles. The largest absolute Gasteiger partial charge is 0.395 e. The summed E-state index contributed by atoms with van der Waals surface area (Å²) in [5.74, 6) is -1.75. The zero-order valence-corrected chi connectivity index (χ0v) is 11.3. The number of nitrogens with zero attached hydrogens (tertiary/aromatic N) is 1. The third kappa shape index (κ3) is 3.84. The maximum Gasteiger partial charge on any atom is 0.164 e. The summed E-state index contributed by atoms with van der Waals surface area (Å²) in [5.41, 5.74) is 0.0695. The SMILES string of the molecule is O=C(CCN1CCCCC1CO)c1cc(F)cc(F)c1. The van der Waals surface area contributed by atoms with Gasteiger partial charge in [0.15, 0.2) is 5.78 Å². The highest BCUT2D eigenvalue weighted by Crippen LogP contribution is 2.17. The predicted octanol–water partition coefficient (Wildman–Crippen LogP) is 2.38. The van der Waals surface area contributed by atoms with Crippen LogP contribution < -0.4 is 0 Å². The Morgan fingerprint density at radius 1 is 1.25 bits per heavy atom. The highest BCUT2D eigenvalue weighted by molar-refractivity contribution is 5.96. The number of aliphatic hydroxyl groups excluding tert-OH is 1. The van der Waals surface area contributed by atoms with Gasteiger partial charge in [0.1, 0.15) is 11.6 Å². The first-order valence-electron chi connectivity index (χ1n) is 6.94. The molecule has 1 saturated heterocycles. The van der Waals surface area contributed by atoms with E-state index >= 15 is 0 Å². The number of hydrogen-bond donors (Lipinski definition) is 1. The standard InChI is InChI=1S/C15H19F2NO2/c16-12-7-11(8-13(17)9-12)15(20)4-6-18-5-2-1-3-14(18)10-19/h7-9,14,19H,1-6,10H2. The molecule has 0 spiro atoms. The lowest BCUT2D eigenvalue weighted by atomic mass is 10.0. The molecule has 1 aliphatic heterocycles. The molecule has 2 rings (SSSR count). The highest BCUT2D eigenvalue weighted by atomic mass is 19.1. The number of halogens is 2. The van der Waals surface area contributed by atoms with Crippen LogP contribution in [0.5, 0.6) is 0 Å². The average molecular weight is 283 g/mol. The number of hydrogen-bond acceptors (Lipinski definition) is 3. The minimum absolute atomic E-state index is 0.0695. The second-order valence-electron chi connectivity index (χ2n) is 5.20. The molecule has 0 radical (unpaired) electrons. The van der Waals surface area contributed by atoms with Crippen LogP contribution in [0.2, 0.25) is 0 Å². The van der Waals surface area contributed by atoms with E-state index in [1.54, 1.807) is 0 Å². The third-order valence-corrected chi connectivity index (χ3v) is 3.77. The molecule has 0 aromatic heterocycles. The van der Waals surface area contributed by atoms with Crippen molar-refractivity contribution in [1.29, 1.82) is 0 Å². The van der Waals surface area contributed by atoms with E-state index in [9.17, 15) is 18.7 Å². The fourth-order valence-corrected chi connectivity index (χ4v) is 2.67. The first-order chi connectivity index (χ1) is 9.60. The topological polar surface area (TPSA) is 40.5 Å². The molecular weight excluding hydrogens is 264 g/mol. The molecule has 1 aromatic rings. The number of piperidine rings is 1. The Morgan fingerprint density at radius 2 is 1.95 bits per heavy atom. The third-order valence-electron chi connectivity index (χ3n) is 3.77. The summed E-state index contributed by atoms with van der Waals surface area (Å²) in [6.45, 7) is 1.46. The summed E-state index contributed by atoms with van der Waals surface area (Å²) < 4.78 is 26.1. The Bertz CT molecular complexity index is 459. The molecule has 0 saturated carbocycles. The second kappa shape index (κ2) is 6.90. The van der Waals surface area contributed by atoms with Crippen molar-refractivity contribution in [2.24, 2.45) is 0 Å². The maximum absolute atomic E-state index is 13.1. The van der Waals surface area contributed by atoms with E-state index < -0.39 is 11.6 Å². The van der Waals surface area contributed by atoms with Crippen LogP contribution in [0, 0.1) is 11.6 Å². The number of benzene rings is 1. The van der Waals surface area contributed by atoms with Crippen LogP contribution in [0.1, 0.15) is 36.0 Å². The van der Waals surface area contributed by atoms with Crippen LogP contribution in [0.25, 0.3) is 0 Å². The lowest BCUT2D eigenvalue weighted by Gasteiger charge is -2.34. The predicted molar refractivity (Wildman–Crippen MR) is 71.6 cm³/mol. The lowest BCUT2D eigenvalue weighted by Crippen LogP contribution is -2.42. The molecule has 0 amide bonds. The monoisotopic (exact) mass is 283 g/mol. The molecular formula is C15H19F2NO2. The van der Waals surface area contributed by atoms with E-state index in [4.69, 9.17) is 0 Å². The molecule has 1 aliphatic rings. The van der Waals surface area contributed by atoms with Crippen molar-refractivity contribution in [3.8, 4) is 0 Å². The van der Waals surface area contributed by atoms with Crippen molar-refractivity contribution in [3.05, 3.63) is 35.4 Å². The summed E-state index contributed by atoms with van der Waals surface area (Å²) in [6, 6.07) is 2.97. The van der Waals surface area contributed by atoms with Gasteiger partial charge in [-0.05, 0) is 31.5 Å². The highest BCUT2D eigenvalue weighted by Gasteiger charge is 2.22. The summed E-state index contributed by atoms with van der Waals surface area (Å²) in [7, 11) is 0. The van der Waals surface area contributed by atoms with E-state index in [0.717, 1.165) is 44.0 Å². The summed E-state index contributed by atoms with van der Waals surface area (Å²) in [4.78, 5) is 14.0. The molecule has 0 aliphatic carbocycles. The van der Waals surface area contributed by atoms with Crippen LogP contribution in [0.15, 0.2) is 18.2 Å². The van der Waals surface area contributed by atoms with Gasteiger partial charge in [-0.1, -0.05) is 6.42 Å². The van der Waals surface area contributed by atoms with Gasteiger partial charge in [0.2, 0.25) is 0 Å². The van der Waals surface area contributed by atoms with E-state index in [0.29, 0.717) is 6.54 Å². The second-order valence-corrected chi connectivity index (χ2v) is 5.20. The van der Waals surface area contributed by atoms with E-state index in [1.807, 2.05) is 0 Å². The van der Waals surface area contributed by atoms with Crippen LogP contribution in [-0.2, 0) is 0 Å². The normalized spacial score (nSPS) is 20.1. The number of aliphatic hydroxyl groups is 1. The van der Waals surface area contributed by atoms with Gasteiger partial charge in [-0.2, -0.15) is 0 Å². The van der Waals surface area contributed by atoms with Crippen molar-refractivity contribution in [2.75, 3.05) is 19.7 Å². The zero-order valence-electron chi connectivity index (χ0n) is 11.3. The van der Waals surface area contributed by atoms with Gasteiger partial charge < -0.3 is 5.11 Å². The number of carbonyl (C=O) groups is 1. The van der Waals surface area contributed by atoms with Gasteiger partial charge in [0.25, 0.3) is 0 Å². The number of rotatable bonds is 5. The fraction of sp³-hybridized carbons (Fsp3) is 0.533. The molecule has 1 N–H and O–H groups in total. The lowest BCUT2D eigenvalue weighted by molar-refractivity contribution is 0.0792. The fourth-order valence-electron chi connectivity index (χ4n) is 2.67. The summed E-state index contributed by atoms with van der Waals surface area (Å²) >= 11 is 0. The Balaban J connectivity index is 1.94. The molecule has 5 heteroatoms. The molecule has 1 atom stereocenters. The molecule has 3 nitrogen and oxygen atoms in total. The Kier molecular flexibility index (Phi) is 5.20. The Hall–Kier alpha value is -1.33. The van der Waals surface area contributed by atoms with Gasteiger partial charge in [-0.3, -0.25) is 9.69 Å². The van der Waals surface area contributed by atoms with Gasteiger partial charge in [0.05, 0.1) is 6.61 Å². The van der Waals surface area contributed by atoms with E-state index in [2.05, 4.69) is 4.90 Å². The minimum Gasteiger partial charge on any atom is -0.395 e. The first-order valence-corrected chi connectivity index (χ1v) is 6.94. The van der Waals surface area contributed by atoms with Crippen molar-refractivity contribution in [1.82, 2.24) is 4.90 Å². The first kappa shape index (κ1) is 15.1. The summed E-state index contributed by atoms with van der Waals surface area (Å²) in [6.07, 6.45) is 3.28. The smallest absolute Gasteiger partial charge is 0.164 e. The molecule has 20 heavy (non-hydrogen) atoms. The summed E-state index contributed by atoms with van der Waals surface area (Å²) in [5, 5.41) is 9.29. The van der Waals surface area contributed by atoms with Gasteiger partial charge >= 0.3 is 0 Å². The van der Waals surface area contributed by atoms with Gasteiger partial charge in [0, 0.05) is 30.6 Å².